The van der Waals surface area contributed by atoms with Crippen LogP contribution in [0.1, 0.15) is 5.56 Å². The average Bonchev–Trinajstić information content (AvgIpc) is 2.96. The van der Waals surface area contributed by atoms with Crippen LogP contribution in [0.25, 0.3) is 0 Å². The van der Waals surface area contributed by atoms with Crippen LogP contribution in [0.3, 0.4) is 0 Å². The van der Waals surface area contributed by atoms with E-state index < -0.39 is 11.8 Å². The third-order valence-electron chi connectivity index (χ3n) is 3.23. The van der Waals surface area contributed by atoms with Gasteiger partial charge in [-0.25, -0.2) is 18.9 Å². The molecule has 1 aromatic heterocycles. The lowest BCUT2D eigenvalue weighted by Crippen LogP contribution is -2.20. The zero-order chi connectivity index (χ0) is 18.7. The van der Waals surface area contributed by atoms with E-state index in [9.17, 15) is 9.18 Å². The van der Waals surface area contributed by atoms with Gasteiger partial charge in [-0.05, 0) is 35.9 Å². The third kappa shape index (κ3) is 4.85. The summed E-state index contributed by atoms with van der Waals surface area (Å²) in [6.45, 7) is 0.277. The minimum Gasteiger partial charge on any atom is -0.308 e. The first kappa shape index (κ1) is 18.4. The fourth-order valence-corrected chi connectivity index (χ4v) is 2.90. The molecule has 26 heavy (non-hydrogen) atoms. The highest BCUT2D eigenvalue weighted by atomic mass is 35.5. The highest BCUT2D eigenvalue weighted by molar-refractivity contribution is 6.35. The van der Waals surface area contributed by atoms with Gasteiger partial charge in [0.1, 0.15) is 12.1 Å². The van der Waals surface area contributed by atoms with Gasteiger partial charge in [-0.3, -0.25) is 5.32 Å². The number of anilines is 2. The van der Waals surface area contributed by atoms with Crippen LogP contribution in [-0.4, -0.2) is 20.8 Å². The molecule has 2 amide bonds. The van der Waals surface area contributed by atoms with Crippen molar-refractivity contribution < 1.29 is 9.18 Å². The highest BCUT2D eigenvalue weighted by Crippen LogP contribution is 2.22. The molecule has 3 rings (SSSR count). The molecule has 6 nitrogen and oxygen atoms in total. The lowest BCUT2D eigenvalue weighted by atomic mass is 10.2. The van der Waals surface area contributed by atoms with E-state index in [0.717, 1.165) is 0 Å². The van der Waals surface area contributed by atoms with Crippen molar-refractivity contribution in [3.8, 4) is 0 Å². The van der Waals surface area contributed by atoms with Crippen LogP contribution in [0.15, 0.2) is 42.7 Å². The van der Waals surface area contributed by atoms with Crippen molar-refractivity contribution in [2.75, 3.05) is 10.6 Å². The fraction of sp³-hybridized carbons (Fsp3) is 0.0625. The molecule has 2 N–H and O–H groups in total. The Balaban J connectivity index is 1.63. The molecule has 0 saturated heterocycles. The molecule has 0 atom stereocenters. The molecule has 0 unspecified atom stereocenters. The summed E-state index contributed by atoms with van der Waals surface area (Å²) in [5, 5.41) is 10.2. The van der Waals surface area contributed by atoms with Crippen LogP contribution >= 0.6 is 34.8 Å². The normalized spacial score (nSPS) is 10.6. The maximum Gasteiger partial charge on any atom is 0.326 e. The van der Waals surface area contributed by atoms with E-state index in [0.29, 0.717) is 21.3 Å². The molecule has 0 bridgehead atoms. The van der Waals surface area contributed by atoms with Crippen molar-refractivity contribution in [2.45, 2.75) is 6.54 Å². The molecule has 2 aromatic carbocycles. The van der Waals surface area contributed by atoms with Crippen LogP contribution < -0.4 is 10.6 Å². The largest absolute Gasteiger partial charge is 0.326 e. The molecule has 0 aliphatic heterocycles. The lowest BCUT2D eigenvalue weighted by molar-refractivity contribution is 0.262. The number of halogens is 4. The van der Waals surface area contributed by atoms with Crippen molar-refractivity contribution in [1.82, 2.24) is 14.8 Å². The predicted octanol–water partition coefficient (Wildman–Crippen LogP) is 5.07. The molecule has 0 radical (unpaired) electrons. The first-order valence-electron chi connectivity index (χ1n) is 7.26. The molecule has 0 spiro atoms. The Hall–Kier alpha value is -2.35. The van der Waals surface area contributed by atoms with E-state index in [1.807, 2.05) is 0 Å². The average molecular weight is 415 g/mol. The number of rotatable bonds is 4. The topological polar surface area (TPSA) is 71.8 Å². The standard InChI is InChI=1S/C16H11Cl3FN5O/c17-10-3-11(18)5-13(4-10)22-16(26)23-15-21-8-25(24-15)7-9-1-2-12(20)6-14(9)19/h1-6,8H,7H2,(H2,22,23,24,26). The summed E-state index contributed by atoms with van der Waals surface area (Å²) >= 11 is 17.7. The van der Waals surface area contributed by atoms with Gasteiger partial charge in [0.15, 0.2) is 0 Å². The molecule has 0 saturated carbocycles. The van der Waals surface area contributed by atoms with E-state index in [1.54, 1.807) is 24.3 Å². The van der Waals surface area contributed by atoms with Gasteiger partial charge in [-0.15, -0.1) is 5.10 Å². The Bertz CT molecular complexity index is 943. The number of carbonyl (C=O) groups excluding carboxylic acids is 1. The number of urea groups is 1. The minimum atomic E-state index is -0.555. The number of carbonyl (C=O) groups is 1. The van der Waals surface area contributed by atoms with Gasteiger partial charge in [0, 0.05) is 20.8 Å². The quantitative estimate of drug-likeness (QED) is 0.626. The molecule has 134 valence electrons. The molecular formula is C16H11Cl3FN5O. The first-order valence-corrected chi connectivity index (χ1v) is 8.40. The number of aromatic nitrogens is 3. The van der Waals surface area contributed by atoms with Crippen molar-refractivity contribution in [3.63, 3.8) is 0 Å². The van der Waals surface area contributed by atoms with Crippen molar-refractivity contribution in [3.05, 3.63) is 69.2 Å². The first-order chi connectivity index (χ1) is 12.4. The van der Waals surface area contributed by atoms with Gasteiger partial charge in [-0.1, -0.05) is 40.9 Å². The van der Waals surface area contributed by atoms with Gasteiger partial charge in [-0.2, -0.15) is 0 Å². The van der Waals surface area contributed by atoms with E-state index in [4.69, 9.17) is 34.8 Å². The molecule has 0 fully saturated rings. The summed E-state index contributed by atoms with van der Waals surface area (Å²) in [7, 11) is 0. The number of nitrogens with zero attached hydrogens (tertiary/aromatic N) is 3. The molecule has 0 aliphatic carbocycles. The van der Waals surface area contributed by atoms with Crippen molar-refractivity contribution in [1.29, 1.82) is 0 Å². The Labute approximate surface area is 162 Å². The molecule has 10 heteroatoms. The van der Waals surface area contributed by atoms with Crippen molar-refractivity contribution >= 4 is 52.5 Å². The highest BCUT2D eigenvalue weighted by Gasteiger charge is 2.09. The van der Waals surface area contributed by atoms with Crippen molar-refractivity contribution in [2.24, 2.45) is 0 Å². The SMILES string of the molecule is O=C(Nc1cc(Cl)cc(Cl)c1)Nc1ncn(Cc2ccc(F)cc2Cl)n1. The second-order valence-corrected chi connectivity index (χ2v) is 6.52. The summed E-state index contributed by atoms with van der Waals surface area (Å²) in [6.07, 6.45) is 1.42. The van der Waals surface area contributed by atoms with E-state index in [-0.39, 0.29) is 17.5 Å². The summed E-state index contributed by atoms with van der Waals surface area (Å²) < 4.78 is 14.5. The molecular weight excluding hydrogens is 404 g/mol. The Morgan fingerprint density at radius 2 is 1.81 bits per heavy atom. The van der Waals surface area contributed by atoms with Crippen LogP contribution in [0.5, 0.6) is 0 Å². The zero-order valence-corrected chi connectivity index (χ0v) is 15.3. The van der Waals surface area contributed by atoms with E-state index in [1.165, 1.54) is 23.1 Å². The van der Waals surface area contributed by atoms with Crippen LogP contribution in [0, 0.1) is 5.82 Å². The van der Waals surface area contributed by atoms with Crippen LogP contribution in [-0.2, 0) is 6.54 Å². The Morgan fingerprint density at radius 3 is 2.50 bits per heavy atom. The lowest BCUT2D eigenvalue weighted by Gasteiger charge is -2.06. The second-order valence-electron chi connectivity index (χ2n) is 5.24. The molecule has 3 aromatic rings. The third-order valence-corrected chi connectivity index (χ3v) is 4.02. The summed E-state index contributed by atoms with van der Waals surface area (Å²) in [5.74, 6) is -0.327. The Kier molecular flexibility index (Phi) is 5.61. The number of amides is 2. The Morgan fingerprint density at radius 1 is 1.08 bits per heavy atom. The summed E-state index contributed by atoms with van der Waals surface area (Å²) in [5.41, 5.74) is 1.10. The fourth-order valence-electron chi connectivity index (χ4n) is 2.14. The predicted molar refractivity (Wildman–Crippen MR) is 99.6 cm³/mol. The van der Waals surface area contributed by atoms with Gasteiger partial charge in [0.2, 0.25) is 5.95 Å². The van der Waals surface area contributed by atoms with Gasteiger partial charge < -0.3 is 5.32 Å². The van der Waals surface area contributed by atoms with Gasteiger partial charge in [0.05, 0.1) is 6.54 Å². The van der Waals surface area contributed by atoms with Gasteiger partial charge in [0.25, 0.3) is 0 Å². The molecule has 1 heterocycles. The minimum absolute atomic E-state index is 0.0915. The van der Waals surface area contributed by atoms with Gasteiger partial charge >= 0.3 is 6.03 Å². The summed E-state index contributed by atoms with van der Waals surface area (Å²) in [4.78, 5) is 16.0. The smallest absolute Gasteiger partial charge is 0.308 e. The number of hydrogen-bond donors (Lipinski definition) is 2. The summed E-state index contributed by atoms with van der Waals surface area (Å²) in [6, 6.07) is 8.18. The number of hydrogen-bond acceptors (Lipinski definition) is 3. The molecule has 0 aliphatic rings. The van der Waals surface area contributed by atoms with E-state index >= 15 is 0 Å². The second kappa shape index (κ2) is 7.90. The monoisotopic (exact) mass is 413 g/mol. The number of benzene rings is 2. The van der Waals surface area contributed by atoms with Crippen LogP contribution in [0.4, 0.5) is 20.8 Å². The van der Waals surface area contributed by atoms with Crippen LogP contribution in [0.2, 0.25) is 15.1 Å². The maximum atomic E-state index is 13.1. The van der Waals surface area contributed by atoms with E-state index in [2.05, 4.69) is 20.7 Å². The maximum absolute atomic E-state index is 13.1. The zero-order valence-electron chi connectivity index (χ0n) is 13.0. The number of nitrogens with one attached hydrogen (secondary N) is 2.